The van der Waals surface area contributed by atoms with Gasteiger partial charge in [0.25, 0.3) is 0 Å². The molecule has 4 N–H and O–H groups in total. The van der Waals surface area contributed by atoms with E-state index in [9.17, 15) is 24.2 Å². The third kappa shape index (κ3) is 28.1. The predicted octanol–water partition coefficient (Wildman–Crippen LogP) is 10.2. The summed E-state index contributed by atoms with van der Waals surface area (Å²) < 4.78 is 33.1. The lowest BCUT2D eigenvalue weighted by Gasteiger charge is -2.19. The number of nitrogens with two attached hydrogens (primary N) is 1. The smallest absolute Gasteiger partial charge is 0.472 e. The number of phosphoric ester groups is 1. The Balaban J connectivity index is 2.37. The third-order valence-corrected chi connectivity index (χ3v) is 10.2. The van der Waals surface area contributed by atoms with Crippen LogP contribution in [0.15, 0.2) is 60.9 Å². The lowest BCUT2D eigenvalue weighted by atomic mass is 9.90. The molecule has 0 radical (unpaired) electrons. The molecule has 0 aliphatic heterocycles. The average molecular weight is 780 g/mol. The summed E-state index contributed by atoms with van der Waals surface area (Å²) in [6.07, 6.45) is 39.5. The number of hydrogen-bond donors (Lipinski definition) is 3. The van der Waals surface area contributed by atoms with E-state index in [0.717, 1.165) is 44.9 Å². The first kappa shape index (κ1) is 49.7. The summed E-state index contributed by atoms with van der Waals surface area (Å²) in [5.41, 5.74) is 5.35. The topological polar surface area (TPSA) is 155 Å². The molecule has 0 saturated carbocycles. The zero-order valence-corrected chi connectivity index (χ0v) is 34.4. The molecule has 0 amide bonds. The summed E-state index contributed by atoms with van der Waals surface area (Å²) in [7, 11) is -4.35. The van der Waals surface area contributed by atoms with Crippen molar-refractivity contribution in [1.82, 2.24) is 0 Å². The van der Waals surface area contributed by atoms with E-state index in [-0.39, 0.29) is 50.4 Å². The van der Waals surface area contributed by atoms with Crippen molar-refractivity contribution in [2.24, 2.45) is 17.6 Å². The minimum absolute atomic E-state index is 0.0386. The number of unbranched alkanes of at least 4 members (excludes halogenated alkanes) is 14. The Morgan fingerprint density at radius 3 is 2.13 bits per heavy atom. The highest BCUT2D eigenvalue weighted by molar-refractivity contribution is 7.47. The fourth-order valence-corrected chi connectivity index (χ4v) is 6.77. The quantitative estimate of drug-likeness (QED) is 0.0184. The summed E-state index contributed by atoms with van der Waals surface area (Å²) >= 11 is 0. The van der Waals surface area contributed by atoms with Crippen LogP contribution in [-0.2, 0) is 32.7 Å². The van der Waals surface area contributed by atoms with Crippen LogP contribution in [0.25, 0.3) is 0 Å². The first-order valence-corrected chi connectivity index (χ1v) is 22.4. The zero-order chi connectivity index (χ0) is 39.5. The van der Waals surface area contributed by atoms with Crippen LogP contribution < -0.4 is 5.73 Å². The number of ether oxygens (including phenoxy) is 2. The summed E-state index contributed by atoms with van der Waals surface area (Å²) in [5.74, 6) is -0.637. The number of allylic oxidation sites excluding steroid dienone is 8. The summed E-state index contributed by atoms with van der Waals surface area (Å²) in [4.78, 5) is 34.9. The van der Waals surface area contributed by atoms with Gasteiger partial charge in [-0.1, -0.05) is 121 Å². The molecule has 11 heteroatoms. The molecular weight excluding hydrogens is 705 g/mol. The lowest BCUT2D eigenvalue weighted by Crippen LogP contribution is -2.27. The van der Waals surface area contributed by atoms with Gasteiger partial charge in [-0.2, -0.15) is 0 Å². The van der Waals surface area contributed by atoms with Crippen molar-refractivity contribution in [3.63, 3.8) is 0 Å². The van der Waals surface area contributed by atoms with Crippen LogP contribution in [0.2, 0.25) is 0 Å². The zero-order valence-electron chi connectivity index (χ0n) is 33.5. The summed E-state index contributed by atoms with van der Waals surface area (Å²) in [6.45, 7) is 3.88. The molecule has 1 rings (SSSR count). The number of aliphatic hydroxyl groups is 1. The van der Waals surface area contributed by atoms with E-state index in [1.807, 2.05) is 30.4 Å². The van der Waals surface area contributed by atoms with Crippen molar-refractivity contribution in [1.29, 1.82) is 0 Å². The van der Waals surface area contributed by atoms with Gasteiger partial charge in [-0.3, -0.25) is 18.6 Å². The molecule has 0 aromatic carbocycles. The molecule has 0 aromatic rings. The van der Waals surface area contributed by atoms with E-state index >= 15 is 0 Å². The van der Waals surface area contributed by atoms with Gasteiger partial charge in [-0.05, 0) is 82.3 Å². The molecule has 0 heterocycles. The molecule has 0 aromatic heterocycles. The number of carbonyl (C=O) groups is 2. The molecule has 1 aliphatic carbocycles. The monoisotopic (exact) mass is 780 g/mol. The van der Waals surface area contributed by atoms with Gasteiger partial charge in [-0.25, -0.2) is 4.57 Å². The van der Waals surface area contributed by atoms with E-state index in [0.29, 0.717) is 25.7 Å². The van der Waals surface area contributed by atoms with E-state index in [1.165, 1.54) is 57.8 Å². The van der Waals surface area contributed by atoms with Crippen LogP contribution in [0.4, 0.5) is 0 Å². The normalized spacial score (nSPS) is 18.4. The Kier molecular flexibility index (Phi) is 31.3. The molecule has 0 spiro atoms. The molecule has 0 fully saturated rings. The maximum atomic E-state index is 12.6. The van der Waals surface area contributed by atoms with Gasteiger partial charge >= 0.3 is 13.8 Å². The van der Waals surface area contributed by atoms with Gasteiger partial charge in [-0.15, -0.1) is 0 Å². The van der Waals surface area contributed by atoms with Crippen LogP contribution in [0, 0.1) is 11.8 Å². The largest absolute Gasteiger partial charge is 0.498 e. The van der Waals surface area contributed by atoms with Gasteiger partial charge in [0.1, 0.15) is 6.61 Å². The number of ketones is 1. The second kappa shape index (κ2) is 34.0. The van der Waals surface area contributed by atoms with Crippen LogP contribution in [0.3, 0.4) is 0 Å². The summed E-state index contributed by atoms with van der Waals surface area (Å²) in [6, 6.07) is 0. The molecule has 310 valence electrons. The standard InChI is InChI=1S/C43H74NO9P/c1-3-5-7-8-9-10-11-12-13-14-15-16-17-18-21-25-34-50-36-40(37-52-54(48,49)51-35-33-44)53-43(47)28-24-20-19-23-26-38-29-32-42(46)41(38)31-30-39(45)27-22-6-4-2/h12-13,19,23,25,29-32,34,38-41,45H,3-11,14-18,20-22,24,26-28,33,35-37,44H2,1-2H3,(H,48,49)/b13-12-,23-19-,31-30+,34-25+/t38-,39-,40+,41+/m0/s1. The van der Waals surface area contributed by atoms with Crippen LogP contribution >= 0.6 is 7.82 Å². The van der Waals surface area contributed by atoms with Crippen LogP contribution in [0.5, 0.6) is 0 Å². The van der Waals surface area contributed by atoms with Gasteiger partial charge in [0.05, 0.1) is 25.6 Å². The Labute approximate surface area is 327 Å². The highest BCUT2D eigenvalue weighted by Crippen LogP contribution is 2.43. The maximum absolute atomic E-state index is 12.6. The highest BCUT2D eigenvalue weighted by atomic mass is 31.2. The predicted molar refractivity (Wildman–Crippen MR) is 219 cm³/mol. The van der Waals surface area contributed by atoms with Crippen molar-refractivity contribution in [2.45, 2.75) is 161 Å². The minimum Gasteiger partial charge on any atom is -0.498 e. The Hall–Kier alpha value is -2.33. The van der Waals surface area contributed by atoms with Gasteiger partial charge in [0, 0.05) is 18.9 Å². The molecule has 0 bridgehead atoms. The van der Waals surface area contributed by atoms with Crippen molar-refractivity contribution < 1.29 is 42.7 Å². The average Bonchev–Trinajstić information content (AvgIpc) is 3.51. The molecule has 1 aliphatic rings. The molecule has 1 unspecified atom stereocenters. The highest BCUT2D eigenvalue weighted by Gasteiger charge is 2.27. The molecular formula is C43H74NO9P. The summed E-state index contributed by atoms with van der Waals surface area (Å²) in [5, 5.41) is 10.2. The van der Waals surface area contributed by atoms with E-state index < -0.39 is 26.0 Å². The number of aliphatic hydroxyl groups excluding tert-OH is 1. The third-order valence-electron chi connectivity index (χ3n) is 9.22. The number of rotatable bonds is 36. The number of carbonyl (C=O) groups excluding carboxylic acids is 2. The van der Waals surface area contributed by atoms with Crippen LogP contribution in [0.1, 0.15) is 149 Å². The fraction of sp³-hybridized carbons (Fsp3) is 0.721. The van der Waals surface area contributed by atoms with Crippen molar-refractivity contribution in [3.8, 4) is 0 Å². The fourth-order valence-electron chi connectivity index (χ4n) is 6.00. The molecule has 0 saturated heterocycles. The Morgan fingerprint density at radius 1 is 0.833 bits per heavy atom. The Morgan fingerprint density at radius 2 is 1.44 bits per heavy atom. The second-order valence-electron chi connectivity index (χ2n) is 14.2. The van der Waals surface area contributed by atoms with E-state index in [2.05, 4.69) is 26.0 Å². The Bertz CT molecular complexity index is 1150. The van der Waals surface area contributed by atoms with E-state index in [4.69, 9.17) is 24.3 Å². The lowest BCUT2D eigenvalue weighted by molar-refractivity contribution is -0.153. The number of phosphoric acid groups is 1. The van der Waals surface area contributed by atoms with Gasteiger partial charge in [0.15, 0.2) is 11.9 Å². The minimum atomic E-state index is -4.35. The molecule has 5 atom stereocenters. The van der Waals surface area contributed by atoms with Crippen molar-refractivity contribution >= 4 is 19.6 Å². The maximum Gasteiger partial charge on any atom is 0.472 e. The first-order chi connectivity index (χ1) is 26.2. The van der Waals surface area contributed by atoms with Gasteiger partial charge < -0.3 is 25.2 Å². The molecule has 10 nitrogen and oxygen atoms in total. The van der Waals surface area contributed by atoms with Gasteiger partial charge in [0.2, 0.25) is 0 Å². The molecule has 54 heavy (non-hydrogen) atoms. The van der Waals surface area contributed by atoms with Crippen molar-refractivity contribution in [3.05, 3.63) is 60.9 Å². The first-order valence-electron chi connectivity index (χ1n) is 20.9. The second-order valence-corrected chi connectivity index (χ2v) is 15.7. The number of esters is 1. The number of hydrogen-bond acceptors (Lipinski definition) is 9. The van der Waals surface area contributed by atoms with E-state index in [1.54, 1.807) is 18.4 Å². The SMILES string of the molecule is CCCCCCCC/C=C\CCCCCC/C=C/OC[C@H](COP(=O)(O)OCCN)OC(=O)CCC/C=C\C[C@H]1C=CC(=O)[C@@H]1/C=C/[C@@H](O)CCCCC. The van der Waals surface area contributed by atoms with Crippen LogP contribution in [-0.4, -0.2) is 60.3 Å². The van der Waals surface area contributed by atoms with Crippen molar-refractivity contribution in [2.75, 3.05) is 26.4 Å².